The van der Waals surface area contributed by atoms with E-state index in [1.807, 2.05) is 0 Å². The van der Waals surface area contributed by atoms with Crippen LogP contribution in [0.3, 0.4) is 0 Å². The van der Waals surface area contributed by atoms with Crippen LogP contribution in [0.2, 0.25) is 5.02 Å². The Hall–Kier alpha value is -3.35. The summed E-state index contributed by atoms with van der Waals surface area (Å²) in [6.45, 7) is 1.59. The van der Waals surface area contributed by atoms with Gasteiger partial charge in [-0.05, 0) is 48.0 Å². The number of sulfonamides is 1. The number of hydrogen-bond donors (Lipinski definition) is 1. The fourth-order valence-corrected chi connectivity index (χ4v) is 4.35. The largest absolute Gasteiger partial charge is 0.495 e. The Labute approximate surface area is 214 Å². The van der Waals surface area contributed by atoms with Gasteiger partial charge < -0.3 is 19.1 Å². The van der Waals surface area contributed by atoms with Crippen molar-refractivity contribution in [1.82, 2.24) is 10.3 Å². The number of methoxy groups -OCH3 is 1. The number of halogens is 1. The van der Waals surface area contributed by atoms with Crippen molar-refractivity contribution in [3.63, 3.8) is 0 Å². The van der Waals surface area contributed by atoms with Gasteiger partial charge in [-0.15, -0.1) is 0 Å². The van der Waals surface area contributed by atoms with E-state index < -0.39 is 22.5 Å². The Morgan fingerprint density at radius 3 is 2.50 bits per heavy atom. The quantitative estimate of drug-likeness (QED) is 0.359. The van der Waals surface area contributed by atoms with Gasteiger partial charge in [0.25, 0.3) is 11.8 Å². The molecule has 11 nitrogen and oxygen atoms in total. The SMILES string of the molecule is COc1ccc(N(CC(=O)NN=Cc2ccc(OCC(=O)N3CCOCC3)cc2)S(C)(=O)=O)cc1Cl. The molecule has 0 aliphatic carbocycles. The van der Waals surface area contributed by atoms with Crippen molar-refractivity contribution < 1.29 is 32.2 Å². The third-order valence-electron chi connectivity index (χ3n) is 5.12. The lowest BCUT2D eigenvalue weighted by atomic mass is 10.2. The Morgan fingerprint density at radius 2 is 1.89 bits per heavy atom. The molecule has 0 unspecified atom stereocenters. The van der Waals surface area contributed by atoms with E-state index in [-0.39, 0.29) is 23.2 Å². The average molecular weight is 539 g/mol. The van der Waals surface area contributed by atoms with Crippen molar-refractivity contribution in [2.24, 2.45) is 5.10 Å². The molecule has 2 aromatic carbocycles. The lowest BCUT2D eigenvalue weighted by Crippen LogP contribution is -2.42. The molecule has 3 rings (SSSR count). The highest BCUT2D eigenvalue weighted by molar-refractivity contribution is 7.92. The number of carbonyl (C=O) groups is 2. The molecule has 0 bridgehead atoms. The number of nitrogens with zero attached hydrogens (tertiary/aromatic N) is 3. The molecule has 194 valence electrons. The minimum Gasteiger partial charge on any atom is -0.495 e. The number of amides is 2. The minimum absolute atomic E-state index is 0.0697. The van der Waals surface area contributed by atoms with Crippen LogP contribution in [0.1, 0.15) is 5.56 Å². The molecule has 0 aromatic heterocycles. The second-order valence-corrected chi connectivity index (χ2v) is 10.0. The molecule has 13 heteroatoms. The maximum Gasteiger partial charge on any atom is 0.260 e. The Balaban J connectivity index is 1.52. The van der Waals surface area contributed by atoms with Crippen LogP contribution < -0.4 is 19.2 Å². The van der Waals surface area contributed by atoms with Crippen LogP contribution in [-0.2, 0) is 24.3 Å². The highest BCUT2D eigenvalue weighted by atomic mass is 35.5. The number of hydrogen-bond acceptors (Lipinski definition) is 8. The third kappa shape index (κ3) is 7.83. The van der Waals surface area contributed by atoms with Gasteiger partial charge in [0.1, 0.15) is 18.0 Å². The van der Waals surface area contributed by atoms with Gasteiger partial charge in [0.2, 0.25) is 10.0 Å². The van der Waals surface area contributed by atoms with Gasteiger partial charge in [0.05, 0.1) is 43.5 Å². The van der Waals surface area contributed by atoms with Crippen molar-refractivity contribution in [3.8, 4) is 11.5 Å². The molecule has 1 aliphatic rings. The summed E-state index contributed by atoms with van der Waals surface area (Å²) in [7, 11) is -2.34. The van der Waals surface area contributed by atoms with Crippen LogP contribution in [0, 0.1) is 0 Å². The van der Waals surface area contributed by atoms with Crippen molar-refractivity contribution in [3.05, 3.63) is 53.1 Å². The molecule has 1 saturated heterocycles. The standard InChI is InChI=1S/C23H27ClN4O7S/c1-33-21-8-5-18(13-20(21)24)28(36(2,31)32)15-22(29)26-25-14-17-3-6-19(7-4-17)35-16-23(30)27-9-11-34-12-10-27/h3-8,13-14H,9-12,15-16H2,1-2H3,(H,26,29). The molecule has 1 aliphatic heterocycles. The summed E-state index contributed by atoms with van der Waals surface area (Å²) in [5, 5.41) is 4.08. The zero-order chi connectivity index (χ0) is 26.1. The fraction of sp³-hybridized carbons (Fsp3) is 0.348. The average Bonchev–Trinajstić information content (AvgIpc) is 2.86. The molecule has 0 atom stereocenters. The highest BCUT2D eigenvalue weighted by Crippen LogP contribution is 2.30. The first-order chi connectivity index (χ1) is 17.2. The van der Waals surface area contributed by atoms with E-state index in [0.29, 0.717) is 43.4 Å². The summed E-state index contributed by atoms with van der Waals surface area (Å²) in [6.07, 6.45) is 2.38. The van der Waals surface area contributed by atoms with Gasteiger partial charge in [-0.25, -0.2) is 13.8 Å². The molecule has 2 aromatic rings. The van der Waals surface area contributed by atoms with E-state index in [1.165, 1.54) is 31.5 Å². The first-order valence-corrected chi connectivity index (χ1v) is 13.1. The summed E-state index contributed by atoms with van der Waals surface area (Å²) in [5.74, 6) is 0.139. The van der Waals surface area contributed by atoms with Crippen LogP contribution in [0.4, 0.5) is 5.69 Å². The zero-order valence-corrected chi connectivity index (χ0v) is 21.4. The number of morpholine rings is 1. The second-order valence-electron chi connectivity index (χ2n) is 7.73. The molecular weight excluding hydrogens is 512 g/mol. The summed E-state index contributed by atoms with van der Waals surface area (Å²) >= 11 is 6.09. The molecule has 1 heterocycles. The third-order valence-corrected chi connectivity index (χ3v) is 6.56. The Kier molecular flexibility index (Phi) is 9.51. The number of carbonyl (C=O) groups excluding carboxylic acids is 2. The predicted molar refractivity (Wildman–Crippen MR) is 135 cm³/mol. The number of ether oxygens (including phenoxy) is 3. The van der Waals surface area contributed by atoms with E-state index in [9.17, 15) is 18.0 Å². The molecule has 36 heavy (non-hydrogen) atoms. The number of hydrazone groups is 1. The summed E-state index contributed by atoms with van der Waals surface area (Å²) in [6, 6.07) is 11.1. The van der Waals surface area contributed by atoms with E-state index in [4.69, 9.17) is 25.8 Å². The first-order valence-electron chi connectivity index (χ1n) is 10.9. The van der Waals surface area contributed by atoms with Crippen LogP contribution in [0.25, 0.3) is 0 Å². The molecule has 2 amide bonds. The van der Waals surface area contributed by atoms with Crippen LogP contribution in [-0.4, -0.2) is 84.2 Å². The van der Waals surface area contributed by atoms with Crippen molar-refractivity contribution in [2.45, 2.75) is 0 Å². The summed E-state index contributed by atoms with van der Waals surface area (Å²) in [5.41, 5.74) is 3.18. The Morgan fingerprint density at radius 1 is 1.19 bits per heavy atom. The number of nitrogens with one attached hydrogen (secondary N) is 1. The molecular formula is C23H27ClN4O7S. The normalized spacial score (nSPS) is 13.9. The van der Waals surface area contributed by atoms with Crippen molar-refractivity contribution >= 4 is 45.3 Å². The van der Waals surface area contributed by atoms with Gasteiger partial charge in [-0.3, -0.25) is 13.9 Å². The van der Waals surface area contributed by atoms with Crippen molar-refractivity contribution in [2.75, 3.05) is 57.1 Å². The van der Waals surface area contributed by atoms with Crippen LogP contribution in [0.15, 0.2) is 47.6 Å². The van der Waals surface area contributed by atoms with Gasteiger partial charge in [-0.2, -0.15) is 5.10 Å². The molecule has 1 N–H and O–H groups in total. The molecule has 0 saturated carbocycles. The van der Waals surface area contributed by atoms with Gasteiger partial charge in [0, 0.05) is 13.1 Å². The topological polar surface area (TPSA) is 127 Å². The number of rotatable bonds is 10. The lowest BCUT2D eigenvalue weighted by molar-refractivity contribution is -0.137. The maximum absolute atomic E-state index is 12.4. The van der Waals surface area contributed by atoms with Gasteiger partial charge in [-0.1, -0.05) is 11.6 Å². The molecule has 0 spiro atoms. The first kappa shape index (κ1) is 27.2. The smallest absolute Gasteiger partial charge is 0.260 e. The summed E-state index contributed by atoms with van der Waals surface area (Å²) in [4.78, 5) is 26.2. The monoisotopic (exact) mass is 538 g/mol. The van der Waals surface area contributed by atoms with Crippen LogP contribution in [0.5, 0.6) is 11.5 Å². The second kappa shape index (κ2) is 12.6. The fourth-order valence-electron chi connectivity index (χ4n) is 3.25. The highest BCUT2D eigenvalue weighted by Gasteiger charge is 2.22. The van der Waals surface area contributed by atoms with Crippen molar-refractivity contribution in [1.29, 1.82) is 0 Å². The van der Waals surface area contributed by atoms with Crippen LogP contribution >= 0.6 is 11.6 Å². The van der Waals surface area contributed by atoms with Gasteiger partial charge in [0.15, 0.2) is 6.61 Å². The lowest BCUT2D eigenvalue weighted by Gasteiger charge is -2.26. The molecule has 0 radical (unpaired) electrons. The van der Waals surface area contributed by atoms with E-state index in [0.717, 1.165) is 10.6 Å². The Bertz CT molecular complexity index is 1200. The van der Waals surface area contributed by atoms with E-state index >= 15 is 0 Å². The minimum atomic E-state index is -3.78. The number of anilines is 1. The zero-order valence-electron chi connectivity index (χ0n) is 19.8. The maximum atomic E-state index is 12.4. The predicted octanol–water partition coefficient (Wildman–Crippen LogP) is 1.50. The molecule has 1 fully saturated rings. The summed E-state index contributed by atoms with van der Waals surface area (Å²) < 4.78 is 41.2. The van der Waals surface area contributed by atoms with E-state index in [1.54, 1.807) is 29.2 Å². The van der Waals surface area contributed by atoms with Gasteiger partial charge >= 0.3 is 0 Å². The number of benzene rings is 2. The van der Waals surface area contributed by atoms with E-state index in [2.05, 4.69) is 10.5 Å².